The van der Waals surface area contributed by atoms with Crippen molar-refractivity contribution in [3.8, 4) is 28.7 Å². The van der Waals surface area contributed by atoms with E-state index in [1.165, 1.54) is 43.4 Å². The molecule has 0 spiro atoms. The first-order valence-electron chi connectivity index (χ1n) is 12.5. The first-order valence-corrected chi connectivity index (χ1v) is 12.5. The maximum Gasteiger partial charge on any atom is 0.422 e. The summed E-state index contributed by atoms with van der Waals surface area (Å²) in [7, 11) is 0. The number of hydrogen-bond acceptors (Lipinski definition) is 1. The van der Waals surface area contributed by atoms with E-state index in [-0.39, 0.29) is 11.3 Å². The monoisotopic (exact) mass is 504 g/mol. The maximum absolute atomic E-state index is 15.2. The molecule has 0 amide bonds. The number of ether oxygens (including phenoxy) is 1. The summed E-state index contributed by atoms with van der Waals surface area (Å²) in [6.45, 7) is 0.858. The summed E-state index contributed by atoms with van der Waals surface area (Å²) in [4.78, 5) is 0. The molecule has 0 aliphatic rings. The van der Waals surface area contributed by atoms with Crippen LogP contribution < -0.4 is 4.74 Å². The van der Waals surface area contributed by atoms with Gasteiger partial charge in [-0.15, -0.1) is 0 Å². The van der Waals surface area contributed by atoms with Gasteiger partial charge < -0.3 is 4.74 Å². The van der Waals surface area contributed by atoms with Crippen molar-refractivity contribution < 1.29 is 22.3 Å². The van der Waals surface area contributed by atoms with Gasteiger partial charge in [-0.2, -0.15) is 13.2 Å². The van der Waals surface area contributed by atoms with Crippen LogP contribution >= 0.6 is 0 Å². The molecule has 0 heterocycles. The fraction of sp³-hybridized carbons (Fsp3) is 0.250. The number of unbranched alkanes of at least 4 members (excludes halogenated alkanes) is 3. The van der Waals surface area contributed by atoms with Crippen LogP contribution in [0.3, 0.4) is 0 Å². The lowest BCUT2D eigenvalue weighted by Gasteiger charge is -2.08. The van der Waals surface area contributed by atoms with Gasteiger partial charge in [0.25, 0.3) is 0 Å². The molecule has 4 rings (SSSR count). The van der Waals surface area contributed by atoms with Gasteiger partial charge in [0.2, 0.25) is 0 Å². The van der Waals surface area contributed by atoms with Gasteiger partial charge in [0, 0.05) is 10.9 Å². The molecule has 0 radical (unpaired) electrons. The van der Waals surface area contributed by atoms with E-state index in [9.17, 15) is 13.2 Å². The molecule has 0 aromatic heterocycles. The zero-order valence-corrected chi connectivity index (χ0v) is 20.7. The molecule has 0 saturated carbocycles. The topological polar surface area (TPSA) is 9.23 Å². The molecule has 0 N–H and O–H groups in total. The van der Waals surface area contributed by atoms with Crippen LogP contribution in [-0.4, -0.2) is 12.8 Å². The van der Waals surface area contributed by atoms with Crippen molar-refractivity contribution in [2.24, 2.45) is 0 Å². The summed E-state index contributed by atoms with van der Waals surface area (Å²) in [6.07, 6.45) is 1.66. The lowest BCUT2D eigenvalue weighted by molar-refractivity contribution is -0.153. The van der Waals surface area contributed by atoms with Gasteiger partial charge in [-0.1, -0.05) is 80.5 Å². The lowest BCUT2D eigenvalue weighted by atomic mass is 9.98. The summed E-state index contributed by atoms with van der Waals surface area (Å²) < 4.78 is 56.7. The van der Waals surface area contributed by atoms with Crippen LogP contribution in [0, 0.1) is 17.7 Å². The fourth-order valence-corrected chi connectivity index (χ4v) is 4.13. The Bertz CT molecular complexity index is 1390. The zero-order valence-electron chi connectivity index (χ0n) is 20.7. The van der Waals surface area contributed by atoms with Crippen molar-refractivity contribution in [2.45, 2.75) is 45.2 Å². The first kappa shape index (κ1) is 26.3. The summed E-state index contributed by atoms with van der Waals surface area (Å²) in [5.41, 5.74) is 4.24. The molecule has 0 aliphatic heterocycles. The van der Waals surface area contributed by atoms with Crippen LogP contribution in [-0.2, 0) is 6.42 Å². The predicted octanol–water partition coefficient (Wildman–Crippen LogP) is 9.11. The van der Waals surface area contributed by atoms with Crippen LogP contribution in [0.5, 0.6) is 5.75 Å². The van der Waals surface area contributed by atoms with Gasteiger partial charge in [-0.25, -0.2) is 4.39 Å². The van der Waals surface area contributed by atoms with Gasteiger partial charge in [-0.3, -0.25) is 0 Å². The smallest absolute Gasteiger partial charge is 0.422 e. The number of halogens is 4. The van der Waals surface area contributed by atoms with Crippen LogP contribution in [0.4, 0.5) is 17.6 Å². The molecule has 4 aromatic carbocycles. The van der Waals surface area contributed by atoms with Crippen molar-refractivity contribution in [3.05, 3.63) is 101 Å². The molecule has 0 aliphatic carbocycles. The SMILES string of the molecule is CCCCCCc1ccc(-c2ccc3c(F)c(C#Cc4ccc(OCC(F)(F)F)cc4)ccc3c2)cc1. The molecular formula is C32H28F4O. The predicted molar refractivity (Wildman–Crippen MR) is 141 cm³/mol. The Kier molecular flexibility index (Phi) is 8.50. The third kappa shape index (κ3) is 7.36. The third-order valence-electron chi connectivity index (χ3n) is 6.16. The molecule has 0 unspecified atom stereocenters. The van der Waals surface area contributed by atoms with Crippen molar-refractivity contribution in [1.82, 2.24) is 0 Å². The summed E-state index contributed by atoms with van der Waals surface area (Å²) in [6, 6.07) is 23.6. The van der Waals surface area contributed by atoms with Gasteiger partial charge >= 0.3 is 6.18 Å². The molecule has 0 fully saturated rings. The number of aryl methyl sites for hydroxylation is 1. The van der Waals surface area contributed by atoms with Gasteiger partial charge in [0.1, 0.15) is 11.6 Å². The van der Waals surface area contributed by atoms with Gasteiger partial charge in [-0.05, 0) is 71.3 Å². The summed E-state index contributed by atoms with van der Waals surface area (Å²) in [5, 5.41) is 1.27. The Morgan fingerprint density at radius 3 is 2.19 bits per heavy atom. The average Bonchev–Trinajstić information content (AvgIpc) is 2.90. The Labute approximate surface area is 215 Å². The highest BCUT2D eigenvalue weighted by Crippen LogP contribution is 2.28. The zero-order chi connectivity index (χ0) is 26.3. The number of rotatable bonds is 8. The van der Waals surface area contributed by atoms with E-state index in [1.54, 1.807) is 24.3 Å². The van der Waals surface area contributed by atoms with Crippen LogP contribution in [0.2, 0.25) is 0 Å². The molecular weight excluding hydrogens is 476 g/mol. The van der Waals surface area contributed by atoms with Crippen molar-refractivity contribution in [2.75, 3.05) is 6.61 Å². The molecule has 1 nitrogen and oxygen atoms in total. The summed E-state index contributed by atoms with van der Waals surface area (Å²) >= 11 is 0. The van der Waals surface area contributed by atoms with Crippen molar-refractivity contribution in [3.63, 3.8) is 0 Å². The van der Waals surface area contributed by atoms with E-state index < -0.39 is 18.6 Å². The van der Waals surface area contributed by atoms with Crippen LogP contribution in [0.1, 0.15) is 49.3 Å². The Balaban J connectivity index is 1.46. The third-order valence-corrected chi connectivity index (χ3v) is 6.16. The van der Waals surface area contributed by atoms with Gasteiger partial charge in [0.05, 0.1) is 5.56 Å². The molecule has 37 heavy (non-hydrogen) atoms. The van der Waals surface area contributed by atoms with E-state index >= 15 is 4.39 Å². The van der Waals surface area contributed by atoms with Crippen molar-refractivity contribution in [1.29, 1.82) is 0 Å². The summed E-state index contributed by atoms with van der Waals surface area (Å²) in [5.74, 6) is 5.39. The van der Waals surface area contributed by atoms with Gasteiger partial charge in [0.15, 0.2) is 6.61 Å². The lowest BCUT2D eigenvalue weighted by Crippen LogP contribution is -2.19. The minimum Gasteiger partial charge on any atom is -0.484 e. The second kappa shape index (κ2) is 12.0. The molecule has 5 heteroatoms. The molecule has 0 bridgehead atoms. The standard InChI is InChI=1S/C32H28F4O/c1-2-3-4-5-6-23-7-12-25(13-8-23)27-17-20-30-28(21-27)16-15-26(31(30)33)14-9-24-10-18-29(19-11-24)37-22-32(34,35)36/h7-8,10-13,15-21H,2-6,22H2,1H3. The molecule has 0 atom stereocenters. The largest absolute Gasteiger partial charge is 0.484 e. The maximum atomic E-state index is 15.2. The number of alkyl halides is 3. The number of benzene rings is 4. The molecule has 190 valence electrons. The highest BCUT2D eigenvalue weighted by Gasteiger charge is 2.28. The first-order chi connectivity index (χ1) is 17.8. The average molecular weight is 505 g/mol. The fourth-order valence-electron chi connectivity index (χ4n) is 4.13. The quantitative estimate of drug-likeness (QED) is 0.132. The Morgan fingerprint density at radius 2 is 1.49 bits per heavy atom. The highest BCUT2D eigenvalue weighted by atomic mass is 19.4. The van der Waals surface area contributed by atoms with E-state index in [4.69, 9.17) is 4.74 Å². The Morgan fingerprint density at radius 1 is 0.757 bits per heavy atom. The molecule has 4 aromatic rings. The van der Waals surface area contributed by atoms with Crippen LogP contribution in [0.15, 0.2) is 78.9 Å². The minimum atomic E-state index is -4.40. The number of hydrogen-bond donors (Lipinski definition) is 0. The van der Waals surface area contributed by atoms with E-state index in [1.807, 2.05) is 18.2 Å². The van der Waals surface area contributed by atoms with E-state index in [2.05, 4.69) is 43.0 Å². The normalized spacial score (nSPS) is 11.3. The Hall–Kier alpha value is -3.78. The highest BCUT2D eigenvalue weighted by molar-refractivity contribution is 5.89. The minimum absolute atomic E-state index is 0.0946. The molecule has 0 saturated heterocycles. The van der Waals surface area contributed by atoms with Crippen LogP contribution in [0.25, 0.3) is 21.9 Å². The van der Waals surface area contributed by atoms with E-state index in [0.29, 0.717) is 10.9 Å². The number of fused-ring (bicyclic) bond motifs is 1. The second-order valence-corrected chi connectivity index (χ2v) is 9.05. The van der Waals surface area contributed by atoms with E-state index in [0.717, 1.165) is 22.9 Å². The van der Waals surface area contributed by atoms with Crippen molar-refractivity contribution >= 4 is 10.8 Å². The second-order valence-electron chi connectivity index (χ2n) is 9.05.